The lowest BCUT2D eigenvalue weighted by Crippen LogP contribution is -2.41. The Morgan fingerprint density at radius 1 is 1.16 bits per heavy atom. The first-order valence-corrected chi connectivity index (χ1v) is 11.8. The lowest BCUT2D eigenvalue weighted by molar-refractivity contribution is 0.00578. The van der Waals surface area contributed by atoms with E-state index in [9.17, 15) is 4.79 Å². The first-order chi connectivity index (χ1) is 14.3. The van der Waals surface area contributed by atoms with E-state index in [0.717, 1.165) is 21.6 Å². The average Bonchev–Trinajstić information content (AvgIpc) is 3.25. The smallest absolute Gasteiger partial charge is 0.399 e. The minimum atomic E-state index is -0.379. The predicted octanol–water partition coefficient (Wildman–Crippen LogP) is 5.25. The number of carbonyl (C=O) groups excluding carboxylic acids is 1. The van der Waals surface area contributed by atoms with Crippen molar-refractivity contribution in [3.63, 3.8) is 0 Å². The maximum Gasteiger partial charge on any atom is 0.494 e. The van der Waals surface area contributed by atoms with Gasteiger partial charge in [0.15, 0.2) is 0 Å². The number of nitrogens with one attached hydrogen (secondary N) is 1. The summed E-state index contributed by atoms with van der Waals surface area (Å²) in [6, 6.07) is 6.12. The Balaban J connectivity index is 0.00000166. The fourth-order valence-corrected chi connectivity index (χ4v) is 3.92. The second-order valence-electron chi connectivity index (χ2n) is 9.74. The predicted molar refractivity (Wildman–Crippen MR) is 132 cm³/mol. The van der Waals surface area contributed by atoms with Crippen LogP contribution in [0.5, 0.6) is 0 Å². The van der Waals surface area contributed by atoms with Gasteiger partial charge in [-0.15, -0.1) is 11.3 Å². The van der Waals surface area contributed by atoms with Crippen LogP contribution in [0.1, 0.15) is 89.5 Å². The van der Waals surface area contributed by atoms with E-state index >= 15 is 0 Å². The number of aromatic nitrogens is 1. The summed E-state index contributed by atoms with van der Waals surface area (Å²) in [6.07, 6.45) is 1.66. The van der Waals surface area contributed by atoms with Crippen LogP contribution < -0.4 is 10.8 Å². The topological polar surface area (TPSA) is 60.5 Å². The second-order valence-corrected chi connectivity index (χ2v) is 10.8. The third-order valence-corrected chi connectivity index (χ3v) is 7.12. The van der Waals surface area contributed by atoms with E-state index < -0.39 is 0 Å². The van der Waals surface area contributed by atoms with Crippen LogP contribution in [0.15, 0.2) is 24.4 Å². The zero-order valence-electron chi connectivity index (χ0n) is 20.7. The summed E-state index contributed by atoms with van der Waals surface area (Å²) in [5.74, 6) is -0.0903. The Kier molecular flexibility index (Phi) is 7.78. The third kappa shape index (κ3) is 5.76. The van der Waals surface area contributed by atoms with Crippen LogP contribution in [0.3, 0.4) is 0 Å². The number of nitrogens with zero attached hydrogens (tertiary/aromatic N) is 1. The standard InChI is InChI=1S/C22H31BN2O3S.C2H6.H2/c1-14-11-16(23-27-21(5,6)22(7,8)28-23)10-9-15(14)12-24-18(26)17-13-25-19(29-17)20(2,3)4;1-2;/h9-11,13H,12H2,1-8H3,(H,24,26);1-2H3;1H. The molecule has 1 aliphatic rings. The summed E-state index contributed by atoms with van der Waals surface area (Å²) in [4.78, 5) is 17.5. The van der Waals surface area contributed by atoms with Crippen LogP contribution in [-0.4, -0.2) is 29.2 Å². The second kappa shape index (κ2) is 9.43. The molecule has 0 saturated carbocycles. The van der Waals surface area contributed by atoms with E-state index in [1.165, 1.54) is 11.3 Å². The average molecular weight is 446 g/mol. The lowest BCUT2D eigenvalue weighted by Gasteiger charge is -2.32. The summed E-state index contributed by atoms with van der Waals surface area (Å²) >= 11 is 1.45. The van der Waals surface area contributed by atoms with Crippen molar-refractivity contribution in [1.29, 1.82) is 0 Å². The first-order valence-electron chi connectivity index (χ1n) is 11.0. The van der Waals surface area contributed by atoms with Crippen LogP contribution >= 0.6 is 11.3 Å². The Bertz CT molecular complexity index is 906. The maximum absolute atomic E-state index is 12.5. The van der Waals surface area contributed by atoms with Crippen LogP contribution in [-0.2, 0) is 21.3 Å². The number of carbonyl (C=O) groups is 1. The molecule has 3 rings (SSSR count). The molecule has 1 aromatic heterocycles. The van der Waals surface area contributed by atoms with Crippen LogP contribution in [0.2, 0.25) is 0 Å². The zero-order chi connectivity index (χ0) is 23.6. The fourth-order valence-electron chi connectivity index (χ4n) is 3.03. The maximum atomic E-state index is 12.5. The number of aryl methyl sites for hydroxylation is 1. The number of benzene rings is 1. The van der Waals surface area contributed by atoms with Gasteiger partial charge in [-0.05, 0) is 51.2 Å². The lowest BCUT2D eigenvalue weighted by atomic mass is 9.78. The highest BCUT2D eigenvalue weighted by molar-refractivity contribution is 7.13. The highest BCUT2D eigenvalue weighted by atomic mass is 32.1. The number of thiazole rings is 1. The van der Waals surface area contributed by atoms with E-state index in [-0.39, 0.29) is 31.1 Å². The molecular weight excluding hydrogens is 407 g/mol. The highest BCUT2D eigenvalue weighted by Crippen LogP contribution is 2.36. The molecule has 0 atom stereocenters. The Morgan fingerprint density at radius 3 is 2.23 bits per heavy atom. The number of hydrogen-bond donors (Lipinski definition) is 1. The molecule has 5 nitrogen and oxygen atoms in total. The molecule has 0 radical (unpaired) electrons. The van der Waals surface area contributed by atoms with Gasteiger partial charge in [0.1, 0.15) is 4.88 Å². The SMILES string of the molecule is CC.Cc1cc(B2OC(C)(C)C(C)(C)O2)ccc1CNC(=O)c1cnc(C(C)(C)C)s1.[HH]. The van der Waals surface area contributed by atoms with Crippen molar-refractivity contribution in [3.8, 4) is 0 Å². The van der Waals surface area contributed by atoms with E-state index in [1.54, 1.807) is 6.20 Å². The summed E-state index contributed by atoms with van der Waals surface area (Å²) in [5, 5.41) is 3.97. The van der Waals surface area contributed by atoms with E-state index in [2.05, 4.69) is 37.1 Å². The molecule has 0 spiro atoms. The van der Waals surface area contributed by atoms with Gasteiger partial charge in [-0.1, -0.05) is 52.8 Å². The quantitative estimate of drug-likeness (QED) is 0.652. The molecule has 0 bridgehead atoms. The Hall–Kier alpha value is -1.70. The Labute approximate surface area is 193 Å². The van der Waals surface area contributed by atoms with Gasteiger partial charge < -0.3 is 14.6 Å². The summed E-state index contributed by atoms with van der Waals surface area (Å²) in [7, 11) is -0.379. The van der Waals surface area contributed by atoms with Gasteiger partial charge in [-0.25, -0.2) is 4.98 Å². The fraction of sp³-hybridized carbons (Fsp3) is 0.583. The van der Waals surface area contributed by atoms with Crippen molar-refractivity contribution in [1.82, 2.24) is 10.3 Å². The van der Waals surface area contributed by atoms with Crippen molar-refractivity contribution < 1.29 is 15.5 Å². The molecule has 0 aliphatic carbocycles. The molecule has 1 N–H and O–H groups in total. The minimum Gasteiger partial charge on any atom is -0.399 e. The summed E-state index contributed by atoms with van der Waals surface area (Å²) < 4.78 is 12.3. The first kappa shape index (κ1) is 25.6. The molecule has 2 aromatic rings. The highest BCUT2D eigenvalue weighted by Gasteiger charge is 2.51. The summed E-state index contributed by atoms with van der Waals surface area (Å²) in [6.45, 7) is 21.0. The minimum absolute atomic E-state index is 0. The van der Waals surface area contributed by atoms with Gasteiger partial charge in [0.05, 0.1) is 22.4 Å². The molecule has 7 heteroatoms. The zero-order valence-corrected chi connectivity index (χ0v) is 21.5. The van der Waals surface area contributed by atoms with Crippen molar-refractivity contribution in [2.24, 2.45) is 0 Å². The largest absolute Gasteiger partial charge is 0.494 e. The number of rotatable bonds is 4. The number of hydrogen-bond acceptors (Lipinski definition) is 5. The number of amides is 1. The van der Waals surface area contributed by atoms with Gasteiger partial charge >= 0.3 is 7.12 Å². The van der Waals surface area contributed by atoms with Crippen molar-refractivity contribution in [2.75, 3.05) is 0 Å². The molecule has 172 valence electrons. The molecule has 1 aliphatic heterocycles. The molecule has 1 aromatic carbocycles. The molecule has 2 heterocycles. The van der Waals surface area contributed by atoms with Gasteiger partial charge in [-0.3, -0.25) is 4.79 Å². The molecular formula is C24H39BN2O3S. The van der Waals surface area contributed by atoms with Crippen LogP contribution in [0, 0.1) is 6.92 Å². The Morgan fingerprint density at radius 2 is 1.74 bits per heavy atom. The normalized spacial score (nSPS) is 17.2. The van der Waals surface area contributed by atoms with Gasteiger partial charge in [-0.2, -0.15) is 0 Å². The molecule has 31 heavy (non-hydrogen) atoms. The van der Waals surface area contributed by atoms with E-state index in [0.29, 0.717) is 11.4 Å². The van der Waals surface area contributed by atoms with Gasteiger partial charge in [0.25, 0.3) is 5.91 Å². The molecule has 1 saturated heterocycles. The molecule has 1 fully saturated rings. The van der Waals surface area contributed by atoms with Crippen LogP contribution in [0.25, 0.3) is 0 Å². The van der Waals surface area contributed by atoms with Gasteiger partial charge in [0, 0.05) is 13.4 Å². The summed E-state index contributed by atoms with van der Waals surface area (Å²) in [5.41, 5.74) is 2.38. The van der Waals surface area contributed by atoms with Crippen molar-refractivity contribution >= 4 is 29.8 Å². The van der Waals surface area contributed by atoms with Crippen LogP contribution in [0.4, 0.5) is 0 Å². The van der Waals surface area contributed by atoms with E-state index in [1.807, 2.05) is 60.6 Å². The van der Waals surface area contributed by atoms with Crippen molar-refractivity contribution in [3.05, 3.63) is 45.4 Å². The monoisotopic (exact) mass is 446 g/mol. The molecule has 1 amide bonds. The third-order valence-electron chi connectivity index (χ3n) is 5.70. The van der Waals surface area contributed by atoms with Gasteiger partial charge in [0.2, 0.25) is 0 Å². The van der Waals surface area contributed by atoms with Crippen molar-refractivity contribution in [2.45, 2.75) is 92.4 Å². The van der Waals surface area contributed by atoms with E-state index in [4.69, 9.17) is 9.31 Å². The molecule has 0 unspecified atom stereocenters.